The van der Waals surface area contributed by atoms with Crippen LogP contribution in [0.5, 0.6) is 0 Å². The molecule has 10 aliphatic rings. The summed E-state index contributed by atoms with van der Waals surface area (Å²) >= 11 is 0. The van der Waals surface area contributed by atoms with Gasteiger partial charge >= 0.3 is 5.97 Å². The molecule has 8 bridgehead atoms. The smallest absolute Gasteiger partial charge is 0.313 e. The van der Waals surface area contributed by atoms with Crippen LogP contribution in [-0.4, -0.2) is 63.2 Å². The summed E-state index contributed by atoms with van der Waals surface area (Å²) < 4.78 is 6.33. The predicted molar refractivity (Wildman–Crippen MR) is 221 cm³/mol. The predicted octanol–water partition coefficient (Wildman–Crippen LogP) is 9.65. The monoisotopic (exact) mass is 782 g/mol. The van der Waals surface area contributed by atoms with E-state index in [0.29, 0.717) is 38.6 Å². The first-order valence-electron chi connectivity index (χ1n) is 23.3. The number of benzene rings is 1. The Labute approximate surface area is 342 Å². The summed E-state index contributed by atoms with van der Waals surface area (Å²) in [6.07, 6.45) is 20.3. The lowest BCUT2D eigenvalue weighted by molar-refractivity contribution is -0.181. The molecule has 6 atom stereocenters. The molecule has 0 unspecified atom stereocenters. The van der Waals surface area contributed by atoms with Crippen molar-refractivity contribution in [2.24, 2.45) is 45.3 Å². The topological polar surface area (TPSA) is 104 Å². The fraction of sp³-hybridized carbons (Fsp3) is 0.780. The summed E-state index contributed by atoms with van der Waals surface area (Å²) in [5.41, 5.74) is -0.362. The highest BCUT2D eigenvalue weighted by atomic mass is 16.6. The van der Waals surface area contributed by atoms with Crippen molar-refractivity contribution < 1.29 is 29.3 Å². The lowest BCUT2D eigenvalue weighted by Crippen LogP contribution is -2.63. The zero-order valence-corrected chi connectivity index (χ0v) is 35.8. The maximum atomic E-state index is 15.7. The van der Waals surface area contributed by atoms with Gasteiger partial charge in [0.1, 0.15) is 0 Å². The van der Waals surface area contributed by atoms with Gasteiger partial charge in [-0.3, -0.25) is 14.4 Å². The lowest BCUT2D eigenvalue weighted by atomic mass is 9.49. The highest BCUT2D eigenvalue weighted by molar-refractivity contribution is 6.00. The Morgan fingerprint density at radius 2 is 1.54 bits per heavy atom. The van der Waals surface area contributed by atoms with Gasteiger partial charge in [0.2, 0.25) is 0 Å². The van der Waals surface area contributed by atoms with Crippen molar-refractivity contribution in [1.82, 2.24) is 4.90 Å². The second-order valence-electron chi connectivity index (χ2n) is 22.4. The standard InChI is InChI=1S/C50H71NO6/c1-32-10-9-18-46(4)41(39-16-14-33(25-38(52)15-13-32)26-40(39)42(53)37-11-7-6-8-12-37)17-19-49(46,56)31-51(30-48-27-34-22-35(28-48)24-36(23-34)29-48)43(54)50-21-20-47(5,44(55)57-50)45(50,2)3/h10,14,16,26,34-38,41,52,56H,6-9,11-13,15,17-25,27-31H2,1-5H3/t34?,35?,36?,38-,41-,46-,47-,48?,49+,50+/m0/s1. The zero-order valence-electron chi connectivity index (χ0n) is 35.8. The van der Waals surface area contributed by atoms with Crippen molar-refractivity contribution in [1.29, 1.82) is 0 Å². The Kier molecular flexibility index (Phi) is 9.83. The van der Waals surface area contributed by atoms with Gasteiger partial charge in [0.25, 0.3) is 5.91 Å². The molecular formula is C50H71NO6. The molecule has 1 heterocycles. The van der Waals surface area contributed by atoms with E-state index in [1.165, 1.54) is 31.3 Å². The van der Waals surface area contributed by atoms with E-state index in [-0.39, 0.29) is 41.5 Å². The third-order valence-electron chi connectivity index (χ3n) is 18.8. The third kappa shape index (κ3) is 6.26. The average Bonchev–Trinajstić information content (AvgIpc) is 3.60. The van der Waals surface area contributed by atoms with Gasteiger partial charge in [-0.2, -0.15) is 0 Å². The Bertz CT molecular complexity index is 1790. The first-order chi connectivity index (χ1) is 27.0. The molecular weight excluding hydrogens is 711 g/mol. The van der Waals surface area contributed by atoms with Crippen LogP contribution in [-0.2, 0) is 20.7 Å². The number of rotatable bonds is 7. The minimum absolute atomic E-state index is 0.0101. The number of hydrogen-bond donors (Lipinski definition) is 2. The van der Waals surface area contributed by atoms with Gasteiger partial charge in [-0.05, 0) is 169 Å². The molecule has 8 fully saturated rings. The lowest BCUT2D eigenvalue weighted by Gasteiger charge is -2.58. The fourth-order valence-electron chi connectivity index (χ4n) is 15.2. The van der Waals surface area contributed by atoms with Crippen LogP contribution in [0.25, 0.3) is 0 Å². The number of amides is 1. The molecule has 0 radical (unpaired) electrons. The van der Waals surface area contributed by atoms with Crippen LogP contribution in [0.4, 0.5) is 0 Å². The Hall–Kier alpha value is -2.51. The van der Waals surface area contributed by atoms with E-state index in [2.05, 4.69) is 56.9 Å². The number of Topliss-reactive ketones (excluding diaryl/α,β-unsaturated/α-hetero) is 1. The van der Waals surface area contributed by atoms with Crippen LogP contribution in [0.3, 0.4) is 0 Å². The molecule has 7 heteroatoms. The molecule has 0 aromatic heterocycles. The van der Waals surface area contributed by atoms with Gasteiger partial charge in [0, 0.05) is 28.9 Å². The SMILES string of the molecule is CC1=CCC[C@@]2(C)[C@@H](CC[C@@]2(O)CN(CC23CC4CC(CC(C4)C2)C3)C(=O)[C@@]23CC[C@@](C)(C(=O)O2)C3(C)C)c2ccc(cc2C(=O)C2CCCCC2)C[C@@H](O)CC1. The van der Waals surface area contributed by atoms with Crippen LogP contribution in [0.1, 0.15) is 184 Å². The molecule has 2 N–H and O–H groups in total. The van der Waals surface area contributed by atoms with E-state index in [1.54, 1.807) is 0 Å². The molecule has 1 saturated heterocycles. The van der Waals surface area contributed by atoms with Gasteiger partial charge in [-0.25, -0.2) is 0 Å². The molecule has 9 aliphatic carbocycles. The van der Waals surface area contributed by atoms with Gasteiger partial charge in [0.05, 0.1) is 23.7 Å². The summed E-state index contributed by atoms with van der Waals surface area (Å²) in [6.45, 7) is 11.3. The van der Waals surface area contributed by atoms with Crippen molar-refractivity contribution in [2.45, 2.75) is 186 Å². The number of hydrogen-bond acceptors (Lipinski definition) is 6. The Morgan fingerprint density at radius 1 is 0.860 bits per heavy atom. The number of ether oxygens (including phenoxy) is 1. The maximum Gasteiger partial charge on any atom is 0.313 e. The highest BCUT2D eigenvalue weighted by Gasteiger charge is 2.76. The molecule has 1 aliphatic heterocycles. The number of esters is 1. The van der Waals surface area contributed by atoms with E-state index in [1.807, 2.05) is 6.92 Å². The Morgan fingerprint density at radius 3 is 2.18 bits per heavy atom. The minimum atomic E-state index is -1.24. The quantitative estimate of drug-likeness (QED) is 0.162. The number of carbonyl (C=O) groups is 3. The number of aliphatic hydroxyl groups excluding tert-OH is 1. The van der Waals surface area contributed by atoms with E-state index >= 15 is 4.79 Å². The molecule has 1 aromatic carbocycles. The van der Waals surface area contributed by atoms with Crippen LogP contribution in [0.15, 0.2) is 29.8 Å². The summed E-state index contributed by atoms with van der Waals surface area (Å²) in [5, 5.41) is 24.7. The van der Waals surface area contributed by atoms with Crippen LogP contribution in [0, 0.1) is 45.3 Å². The average molecular weight is 782 g/mol. The van der Waals surface area contributed by atoms with Gasteiger partial charge in [-0.15, -0.1) is 0 Å². The van der Waals surface area contributed by atoms with Gasteiger partial charge < -0.3 is 19.8 Å². The number of nitrogens with zero attached hydrogens (tertiary/aromatic N) is 1. The molecule has 7 nitrogen and oxygen atoms in total. The summed E-state index contributed by atoms with van der Waals surface area (Å²) in [5.74, 6) is 1.97. The Balaban J connectivity index is 1.12. The molecule has 312 valence electrons. The number of aliphatic hydroxyl groups is 2. The normalized spacial score (nSPS) is 42.4. The molecule has 0 spiro atoms. The van der Waals surface area contributed by atoms with Crippen LogP contribution < -0.4 is 0 Å². The first-order valence-corrected chi connectivity index (χ1v) is 23.3. The maximum absolute atomic E-state index is 15.7. The number of fused-ring (bicyclic) bond motifs is 10. The summed E-state index contributed by atoms with van der Waals surface area (Å²) in [6, 6.07) is 6.38. The van der Waals surface area contributed by atoms with Crippen molar-refractivity contribution >= 4 is 17.7 Å². The zero-order chi connectivity index (χ0) is 40.2. The van der Waals surface area contributed by atoms with E-state index < -0.39 is 33.6 Å². The largest absolute Gasteiger partial charge is 0.448 e. The summed E-state index contributed by atoms with van der Waals surface area (Å²) in [4.78, 5) is 46.0. The highest BCUT2D eigenvalue weighted by Crippen LogP contribution is 2.67. The molecule has 7 saturated carbocycles. The van der Waals surface area contributed by atoms with Gasteiger partial charge in [0.15, 0.2) is 11.4 Å². The fourth-order valence-corrected chi connectivity index (χ4v) is 15.2. The van der Waals surface area contributed by atoms with E-state index in [0.717, 1.165) is 105 Å². The van der Waals surface area contributed by atoms with E-state index in [4.69, 9.17) is 4.74 Å². The number of ketones is 1. The number of carbonyl (C=O) groups excluding carboxylic acids is 3. The van der Waals surface area contributed by atoms with Crippen molar-refractivity contribution in [2.75, 3.05) is 13.1 Å². The summed E-state index contributed by atoms with van der Waals surface area (Å²) in [7, 11) is 0. The van der Waals surface area contributed by atoms with Crippen molar-refractivity contribution in [3.63, 3.8) is 0 Å². The number of allylic oxidation sites excluding steroid dienone is 2. The van der Waals surface area contributed by atoms with Crippen molar-refractivity contribution in [3.8, 4) is 0 Å². The van der Waals surface area contributed by atoms with Crippen molar-refractivity contribution in [3.05, 3.63) is 46.5 Å². The first kappa shape index (κ1) is 39.9. The minimum Gasteiger partial charge on any atom is -0.448 e. The van der Waals surface area contributed by atoms with Gasteiger partial charge in [-0.1, -0.05) is 63.8 Å². The van der Waals surface area contributed by atoms with E-state index in [9.17, 15) is 19.8 Å². The second kappa shape index (κ2) is 14.0. The molecule has 1 amide bonds. The molecule has 1 aromatic rings. The van der Waals surface area contributed by atoms with Crippen LogP contribution in [0.2, 0.25) is 0 Å². The second-order valence-corrected chi connectivity index (χ2v) is 22.4. The molecule has 57 heavy (non-hydrogen) atoms. The van der Waals surface area contributed by atoms with Crippen LogP contribution >= 0.6 is 0 Å². The molecule has 11 rings (SSSR count). The third-order valence-corrected chi connectivity index (χ3v) is 18.8.